The van der Waals surface area contributed by atoms with Crippen molar-refractivity contribution in [2.24, 2.45) is 12.5 Å². The maximum Gasteiger partial charge on any atom is 0.220 e. The number of pyridine rings is 1. The largest absolute Gasteiger partial charge is 0.220 e. The van der Waals surface area contributed by atoms with Crippen LogP contribution in [0.2, 0.25) is 0 Å². The van der Waals surface area contributed by atoms with Gasteiger partial charge in [0, 0.05) is 13.0 Å². The Kier molecular flexibility index (Phi) is 5.75. The minimum Gasteiger partial charge on any atom is -0.198 e. The van der Waals surface area contributed by atoms with E-state index in [1.807, 2.05) is 0 Å². The second kappa shape index (κ2) is 8.08. The Morgan fingerprint density at radius 2 is 1.61 bits per heavy atom. The lowest BCUT2D eigenvalue weighted by Crippen LogP contribution is -2.35. The zero-order chi connectivity index (χ0) is 22.5. The molecule has 0 amide bonds. The van der Waals surface area contributed by atoms with Crippen molar-refractivity contribution in [2.45, 2.75) is 86.0 Å². The van der Waals surface area contributed by atoms with Gasteiger partial charge in [0.15, 0.2) is 5.69 Å². The normalized spacial score (nSPS) is 16.9. The highest BCUT2D eigenvalue weighted by atomic mass is 14.9. The Bertz CT molecular complexity index is 1120. The van der Waals surface area contributed by atoms with Gasteiger partial charge >= 0.3 is 0 Å². The second-order valence-corrected chi connectivity index (χ2v) is 11.1. The van der Waals surface area contributed by atoms with Gasteiger partial charge in [0.1, 0.15) is 7.05 Å². The summed E-state index contributed by atoms with van der Waals surface area (Å²) < 4.78 is 2.39. The average Bonchev–Trinajstić information content (AvgIpc) is 2.71. The summed E-state index contributed by atoms with van der Waals surface area (Å²) in [6, 6.07) is 14.5. The predicted octanol–water partition coefficient (Wildman–Crippen LogP) is 8.06. The molecule has 0 aliphatic heterocycles. The van der Waals surface area contributed by atoms with Crippen LogP contribution in [0.15, 0.2) is 36.4 Å². The molecule has 1 aromatic heterocycles. The first-order chi connectivity index (χ1) is 14.6. The average molecular weight is 415 g/mol. The SMILES string of the molecule is Cc1cc(C(C)C)cc(-c2c3ccc(C4CCC(C)(C)CC4)cc3cc(C)[n+]2C)c1C. The Hall–Kier alpha value is -2.15. The molecule has 0 unspecified atom stereocenters. The predicted molar refractivity (Wildman–Crippen MR) is 134 cm³/mol. The maximum absolute atomic E-state index is 2.49. The van der Waals surface area contributed by atoms with Crippen LogP contribution in [-0.4, -0.2) is 0 Å². The number of hydrogen-bond donors (Lipinski definition) is 0. The van der Waals surface area contributed by atoms with E-state index < -0.39 is 0 Å². The van der Waals surface area contributed by atoms with Crippen LogP contribution in [0.3, 0.4) is 0 Å². The van der Waals surface area contributed by atoms with Gasteiger partial charge in [-0.15, -0.1) is 0 Å². The molecule has 1 saturated carbocycles. The van der Waals surface area contributed by atoms with Crippen molar-refractivity contribution < 1.29 is 4.57 Å². The van der Waals surface area contributed by atoms with E-state index in [9.17, 15) is 0 Å². The van der Waals surface area contributed by atoms with Gasteiger partial charge in [0.05, 0.1) is 10.9 Å². The lowest BCUT2D eigenvalue weighted by atomic mass is 9.71. The second-order valence-electron chi connectivity index (χ2n) is 11.1. The first kappa shape index (κ1) is 22.1. The van der Waals surface area contributed by atoms with Gasteiger partial charge in [-0.2, -0.15) is 4.57 Å². The van der Waals surface area contributed by atoms with Crippen molar-refractivity contribution >= 4 is 10.8 Å². The molecule has 31 heavy (non-hydrogen) atoms. The van der Waals surface area contributed by atoms with Gasteiger partial charge in [-0.25, -0.2) is 0 Å². The van der Waals surface area contributed by atoms with Crippen LogP contribution in [-0.2, 0) is 7.05 Å². The molecule has 1 heterocycles. The highest BCUT2D eigenvalue weighted by molar-refractivity contribution is 5.94. The Balaban J connectivity index is 1.87. The van der Waals surface area contributed by atoms with E-state index in [1.54, 1.807) is 0 Å². The summed E-state index contributed by atoms with van der Waals surface area (Å²) in [5.41, 5.74) is 10.3. The summed E-state index contributed by atoms with van der Waals surface area (Å²) >= 11 is 0. The summed E-state index contributed by atoms with van der Waals surface area (Å²) in [5.74, 6) is 1.24. The fourth-order valence-corrected chi connectivity index (χ4v) is 5.37. The lowest BCUT2D eigenvalue weighted by Gasteiger charge is -2.34. The molecule has 164 valence electrons. The van der Waals surface area contributed by atoms with E-state index in [-0.39, 0.29) is 0 Å². The molecule has 1 aliphatic rings. The molecule has 0 radical (unpaired) electrons. The number of nitrogens with zero attached hydrogens (tertiary/aromatic N) is 1. The van der Waals surface area contributed by atoms with Crippen LogP contribution in [0.25, 0.3) is 22.0 Å². The first-order valence-electron chi connectivity index (χ1n) is 12.1. The zero-order valence-corrected chi connectivity index (χ0v) is 20.9. The third-order valence-corrected chi connectivity index (χ3v) is 7.98. The lowest BCUT2D eigenvalue weighted by molar-refractivity contribution is -0.665. The van der Waals surface area contributed by atoms with Crippen molar-refractivity contribution in [2.75, 3.05) is 0 Å². The Morgan fingerprint density at radius 1 is 0.935 bits per heavy atom. The van der Waals surface area contributed by atoms with Crippen LogP contribution in [0.5, 0.6) is 0 Å². The Labute approximate surface area is 189 Å². The van der Waals surface area contributed by atoms with Gasteiger partial charge in [0.2, 0.25) is 5.69 Å². The minimum atomic E-state index is 0.516. The Morgan fingerprint density at radius 3 is 2.26 bits per heavy atom. The highest BCUT2D eigenvalue weighted by Crippen LogP contribution is 2.43. The molecule has 1 heteroatoms. The quantitative estimate of drug-likeness (QED) is 0.381. The van der Waals surface area contributed by atoms with Gasteiger partial charge in [-0.1, -0.05) is 45.9 Å². The molecule has 4 rings (SSSR count). The fourth-order valence-electron chi connectivity index (χ4n) is 5.37. The summed E-state index contributed by atoms with van der Waals surface area (Å²) in [6.07, 6.45) is 5.31. The molecule has 0 saturated heterocycles. The van der Waals surface area contributed by atoms with E-state index >= 15 is 0 Å². The van der Waals surface area contributed by atoms with Crippen LogP contribution in [0.1, 0.15) is 93.2 Å². The standard InChI is InChI=1S/C30H40N/c1-19(2)25-15-20(3)22(5)28(18-25)29-27-10-9-24(17-26(27)16-21(4)31(29)8)23-11-13-30(6,7)14-12-23/h9-10,15-19,23H,11-14H2,1-8H3/q+1. The molecule has 0 atom stereocenters. The number of aryl methyl sites for hydroxylation is 2. The monoisotopic (exact) mass is 414 g/mol. The van der Waals surface area contributed by atoms with Gasteiger partial charge in [-0.3, -0.25) is 0 Å². The summed E-state index contributed by atoms with van der Waals surface area (Å²) in [7, 11) is 2.22. The number of aromatic nitrogens is 1. The molecular weight excluding hydrogens is 374 g/mol. The van der Waals surface area contributed by atoms with E-state index in [0.29, 0.717) is 17.3 Å². The molecule has 1 fully saturated rings. The van der Waals surface area contributed by atoms with Crippen LogP contribution in [0, 0.1) is 26.2 Å². The fraction of sp³-hybridized carbons (Fsp3) is 0.500. The molecule has 0 bridgehead atoms. The molecule has 0 N–H and O–H groups in total. The molecule has 1 nitrogen and oxygen atoms in total. The van der Waals surface area contributed by atoms with Gasteiger partial charge < -0.3 is 0 Å². The molecule has 2 aromatic carbocycles. The third-order valence-electron chi connectivity index (χ3n) is 7.98. The van der Waals surface area contributed by atoms with Crippen LogP contribution in [0.4, 0.5) is 0 Å². The summed E-state index contributed by atoms with van der Waals surface area (Å²) in [4.78, 5) is 0. The minimum absolute atomic E-state index is 0.516. The number of benzene rings is 2. The van der Waals surface area contributed by atoms with Crippen molar-refractivity contribution in [3.63, 3.8) is 0 Å². The number of hydrogen-bond acceptors (Lipinski definition) is 0. The van der Waals surface area contributed by atoms with E-state index in [1.165, 1.54) is 75.7 Å². The van der Waals surface area contributed by atoms with Gasteiger partial charge in [0.25, 0.3) is 0 Å². The topological polar surface area (TPSA) is 3.88 Å². The van der Waals surface area contributed by atoms with E-state index in [2.05, 4.69) is 96.5 Å². The van der Waals surface area contributed by atoms with Crippen LogP contribution >= 0.6 is 0 Å². The van der Waals surface area contributed by atoms with Crippen molar-refractivity contribution in [1.29, 1.82) is 0 Å². The van der Waals surface area contributed by atoms with E-state index in [4.69, 9.17) is 0 Å². The molecule has 1 aliphatic carbocycles. The van der Waals surface area contributed by atoms with Crippen molar-refractivity contribution in [1.82, 2.24) is 0 Å². The third kappa shape index (κ3) is 4.16. The summed E-state index contributed by atoms with van der Waals surface area (Å²) in [5, 5.41) is 2.76. The maximum atomic E-state index is 2.49. The van der Waals surface area contributed by atoms with Crippen molar-refractivity contribution in [3.8, 4) is 11.3 Å². The molecule has 3 aromatic rings. The van der Waals surface area contributed by atoms with Crippen LogP contribution < -0.4 is 4.57 Å². The molecular formula is C30H40N+. The van der Waals surface area contributed by atoms with Crippen molar-refractivity contribution in [3.05, 3.63) is 64.3 Å². The van der Waals surface area contributed by atoms with Gasteiger partial charge in [-0.05, 0) is 96.6 Å². The van der Waals surface area contributed by atoms with E-state index in [0.717, 1.165) is 0 Å². The zero-order valence-electron chi connectivity index (χ0n) is 20.9. The smallest absolute Gasteiger partial charge is 0.198 e. The number of rotatable bonds is 3. The first-order valence-corrected chi connectivity index (χ1v) is 12.1. The number of fused-ring (bicyclic) bond motifs is 1. The summed E-state index contributed by atoms with van der Waals surface area (Å²) in [6.45, 7) is 16.2. The molecule has 0 spiro atoms. The highest BCUT2D eigenvalue weighted by Gasteiger charge is 2.28.